The number of carbonyl (C=O) groups excluding carboxylic acids is 2. The minimum absolute atomic E-state index is 0.00155. The third-order valence-electron chi connectivity index (χ3n) is 3.64. The molecule has 0 aliphatic carbocycles. The van der Waals surface area contributed by atoms with Gasteiger partial charge in [0.2, 0.25) is 0 Å². The van der Waals surface area contributed by atoms with Crippen LogP contribution < -0.4 is 15.5 Å². The van der Waals surface area contributed by atoms with E-state index in [1.807, 2.05) is 20.8 Å². The molecule has 0 saturated carbocycles. The van der Waals surface area contributed by atoms with E-state index < -0.39 is 29.2 Å². The summed E-state index contributed by atoms with van der Waals surface area (Å²) in [6, 6.07) is 2.04. The topological polar surface area (TPSA) is 62.6 Å². The Morgan fingerprint density at radius 2 is 1.81 bits per heavy atom. The number of rotatable bonds is 5. The van der Waals surface area contributed by atoms with E-state index in [1.54, 1.807) is 14.0 Å². The van der Waals surface area contributed by atoms with Crippen molar-refractivity contribution in [1.29, 1.82) is 0 Å². The smallest absolute Gasteiger partial charge is 0.347 e. The summed E-state index contributed by atoms with van der Waals surface area (Å²) >= 11 is 5.88. The van der Waals surface area contributed by atoms with Crippen molar-refractivity contribution in [3.05, 3.63) is 28.8 Å². The first-order valence-corrected chi connectivity index (χ1v) is 8.39. The van der Waals surface area contributed by atoms with Crippen molar-refractivity contribution in [2.75, 3.05) is 18.9 Å². The van der Waals surface area contributed by atoms with Gasteiger partial charge in [-0.25, -0.2) is 0 Å². The molecule has 1 rings (SSSR count). The Bertz CT molecular complexity index is 672. The number of benzene rings is 1. The van der Waals surface area contributed by atoms with E-state index in [1.165, 1.54) is 0 Å². The zero-order valence-corrected chi connectivity index (χ0v) is 16.1. The zero-order chi connectivity index (χ0) is 20.3. The number of likely N-dealkylation sites (N-methyl/N-ethyl adjacent to an activating group) is 1. The van der Waals surface area contributed by atoms with Crippen LogP contribution in [0.3, 0.4) is 0 Å². The summed E-state index contributed by atoms with van der Waals surface area (Å²) in [4.78, 5) is 24.9. The van der Waals surface area contributed by atoms with E-state index in [2.05, 4.69) is 10.6 Å². The van der Waals surface area contributed by atoms with Crippen LogP contribution in [0.4, 0.5) is 18.9 Å². The van der Waals surface area contributed by atoms with Gasteiger partial charge in [0.25, 0.3) is 11.8 Å². The largest absolute Gasteiger partial charge is 0.416 e. The summed E-state index contributed by atoms with van der Waals surface area (Å²) in [6.45, 7) is 7.14. The molecule has 1 unspecified atom stereocenters. The highest BCUT2D eigenvalue weighted by Crippen LogP contribution is 2.33. The first-order chi connectivity index (χ1) is 11.7. The highest BCUT2D eigenvalue weighted by Gasteiger charge is 2.32. The van der Waals surface area contributed by atoms with Gasteiger partial charge in [0, 0.05) is 5.54 Å². The van der Waals surface area contributed by atoms with Gasteiger partial charge in [0.05, 0.1) is 23.3 Å². The number of amides is 2. The fraction of sp³-hybridized carbons (Fsp3) is 0.529. The van der Waals surface area contributed by atoms with Crippen LogP contribution in [-0.2, 0) is 15.8 Å². The van der Waals surface area contributed by atoms with Gasteiger partial charge in [-0.3, -0.25) is 9.59 Å². The van der Waals surface area contributed by atoms with Crippen LogP contribution in [0.1, 0.15) is 33.3 Å². The second-order valence-corrected chi connectivity index (χ2v) is 7.63. The molecule has 0 fully saturated rings. The first kappa shape index (κ1) is 22.2. The number of hydrogen-bond donors (Lipinski definition) is 3. The highest BCUT2D eigenvalue weighted by molar-refractivity contribution is 6.33. The minimum atomic E-state index is -4.54. The van der Waals surface area contributed by atoms with Gasteiger partial charge in [-0.1, -0.05) is 11.6 Å². The van der Waals surface area contributed by atoms with Gasteiger partial charge in [-0.05, 0) is 45.9 Å². The molecule has 0 spiro atoms. The lowest BCUT2D eigenvalue weighted by Crippen LogP contribution is -3.15. The molecule has 0 aromatic heterocycles. The van der Waals surface area contributed by atoms with Crippen molar-refractivity contribution in [2.24, 2.45) is 0 Å². The lowest BCUT2D eigenvalue weighted by Gasteiger charge is -2.24. The number of halogens is 4. The third kappa shape index (κ3) is 6.84. The van der Waals surface area contributed by atoms with Gasteiger partial charge in [-0.2, -0.15) is 13.2 Å². The number of hydrogen-bond acceptors (Lipinski definition) is 2. The average Bonchev–Trinajstić information content (AvgIpc) is 2.45. The second kappa shape index (κ2) is 8.26. The quantitative estimate of drug-likeness (QED) is 0.716. The van der Waals surface area contributed by atoms with Crippen molar-refractivity contribution < 1.29 is 27.7 Å². The number of alkyl halides is 3. The molecule has 5 nitrogen and oxygen atoms in total. The molecule has 26 heavy (non-hydrogen) atoms. The molecule has 0 aliphatic heterocycles. The molecular formula is C17H24ClF3N3O2+. The predicted octanol–water partition coefficient (Wildman–Crippen LogP) is 2.12. The highest BCUT2D eigenvalue weighted by atomic mass is 35.5. The number of carbonyl (C=O) groups is 2. The molecule has 9 heteroatoms. The maximum Gasteiger partial charge on any atom is 0.416 e. The number of nitrogens with one attached hydrogen (secondary N) is 3. The Morgan fingerprint density at radius 1 is 1.23 bits per heavy atom. The Balaban J connectivity index is 2.79. The van der Waals surface area contributed by atoms with Crippen molar-refractivity contribution in [1.82, 2.24) is 5.32 Å². The Hall–Kier alpha value is -1.80. The van der Waals surface area contributed by atoms with E-state index in [4.69, 9.17) is 11.6 Å². The summed E-state index contributed by atoms with van der Waals surface area (Å²) in [5.74, 6) is -0.765. The summed E-state index contributed by atoms with van der Waals surface area (Å²) in [5.41, 5.74) is -1.42. The van der Waals surface area contributed by atoms with E-state index in [0.717, 1.165) is 18.2 Å². The standard InChI is InChI=1S/C17H23ClF3N3O2/c1-10(24(5)9-14(25)23-16(2,3)4)15(26)22-13-8-11(17(19,20)21)6-7-12(13)18/h6-8,10H,9H2,1-5H3,(H,22,26)(H,23,25)/p+1/t10-/m0/s1. The molecule has 3 N–H and O–H groups in total. The number of anilines is 1. The zero-order valence-electron chi connectivity index (χ0n) is 15.3. The van der Waals surface area contributed by atoms with Crippen LogP contribution >= 0.6 is 11.6 Å². The Morgan fingerprint density at radius 3 is 2.31 bits per heavy atom. The van der Waals surface area contributed by atoms with Crippen LogP contribution in [0, 0.1) is 0 Å². The van der Waals surface area contributed by atoms with Crippen molar-refractivity contribution in [3.8, 4) is 0 Å². The fourth-order valence-corrected chi connectivity index (χ4v) is 2.30. The molecule has 0 heterocycles. The first-order valence-electron chi connectivity index (χ1n) is 8.01. The minimum Gasteiger partial charge on any atom is -0.347 e. The lowest BCUT2D eigenvalue weighted by molar-refractivity contribution is -0.885. The molecule has 0 saturated heterocycles. The lowest BCUT2D eigenvalue weighted by atomic mass is 10.1. The van der Waals surface area contributed by atoms with Gasteiger partial charge in [0.15, 0.2) is 12.6 Å². The molecule has 1 aromatic rings. The van der Waals surface area contributed by atoms with E-state index in [0.29, 0.717) is 4.90 Å². The summed E-state index contributed by atoms with van der Waals surface area (Å²) < 4.78 is 38.4. The summed E-state index contributed by atoms with van der Waals surface area (Å²) in [5, 5.41) is 5.19. The van der Waals surface area contributed by atoms with Gasteiger partial charge in [-0.15, -0.1) is 0 Å². The molecular weight excluding hydrogens is 371 g/mol. The normalized spacial score (nSPS) is 14.5. The fourth-order valence-electron chi connectivity index (χ4n) is 2.13. The van der Waals surface area contributed by atoms with Crippen LogP contribution in [0.5, 0.6) is 0 Å². The summed E-state index contributed by atoms with van der Waals surface area (Å²) in [6.07, 6.45) is -4.54. The van der Waals surface area contributed by atoms with Crippen molar-refractivity contribution in [2.45, 2.75) is 45.5 Å². The van der Waals surface area contributed by atoms with Gasteiger partial charge >= 0.3 is 6.18 Å². The molecule has 2 amide bonds. The molecule has 146 valence electrons. The molecule has 2 atom stereocenters. The number of quaternary nitrogens is 1. The van der Waals surface area contributed by atoms with Gasteiger partial charge < -0.3 is 15.5 Å². The van der Waals surface area contributed by atoms with E-state index >= 15 is 0 Å². The van der Waals surface area contributed by atoms with Crippen LogP contribution in [-0.4, -0.2) is 37.0 Å². The van der Waals surface area contributed by atoms with Gasteiger partial charge in [0.1, 0.15) is 0 Å². The van der Waals surface area contributed by atoms with Crippen molar-refractivity contribution in [3.63, 3.8) is 0 Å². The molecule has 0 radical (unpaired) electrons. The van der Waals surface area contributed by atoms with Crippen LogP contribution in [0.15, 0.2) is 18.2 Å². The Labute approximate surface area is 155 Å². The maximum atomic E-state index is 12.8. The van der Waals surface area contributed by atoms with E-state index in [-0.39, 0.29) is 23.2 Å². The third-order valence-corrected chi connectivity index (χ3v) is 3.97. The van der Waals surface area contributed by atoms with Crippen molar-refractivity contribution >= 4 is 29.1 Å². The monoisotopic (exact) mass is 394 g/mol. The second-order valence-electron chi connectivity index (χ2n) is 7.22. The molecule has 1 aromatic carbocycles. The predicted molar refractivity (Wildman–Crippen MR) is 94.2 cm³/mol. The Kier molecular flexibility index (Phi) is 7.07. The SMILES string of the molecule is C[C@@H](C(=O)Nc1cc(C(F)(F)F)ccc1Cl)[NH+](C)CC(=O)NC(C)(C)C. The van der Waals surface area contributed by atoms with E-state index in [9.17, 15) is 22.8 Å². The van der Waals surface area contributed by atoms with Crippen LogP contribution in [0.25, 0.3) is 0 Å². The molecule has 0 aliphatic rings. The maximum absolute atomic E-state index is 12.8. The van der Waals surface area contributed by atoms with Crippen LogP contribution in [0.2, 0.25) is 5.02 Å². The average molecular weight is 395 g/mol. The molecule has 0 bridgehead atoms. The summed E-state index contributed by atoms with van der Waals surface area (Å²) in [7, 11) is 1.65.